The summed E-state index contributed by atoms with van der Waals surface area (Å²) >= 11 is 1.43. The zero-order valence-corrected chi connectivity index (χ0v) is 9.47. The van der Waals surface area contributed by atoms with Gasteiger partial charge >= 0.3 is 6.03 Å². The highest BCUT2D eigenvalue weighted by molar-refractivity contribution is 7.99. The van der Waals surface area contributed by atoms with E-state index in [1.54, 1.807) is 0 Å². The standard InChI is InChI=1S/C7H8N4O2S.ClH/c1-13-5-4-6(10-2-9-5)14-3-11(4)7(8)12;/h2H,3H2,1H3,(H2,8,12);1H. The predicted octanol–water partition coefficient (Wildman–Crippen LogP) is 0.855. The minimum atomic E-state index is -0.524. The van der Waals surface area contributed by atoms with Crippen LogP contribution in [0.5, 0.6) is 5.88 Å². The van der Waals surface area contributed by atoms with Crippen LogP contribution in [0.3, 0.4) is 0 Å². The van der Waals surface area contributed by atoms with Gasteiger partial charge in [0.15, 0.2) is 0 Å². The second kappa shape index (κ2) is 4.54. The van der Waals surface area contributed by atoms with E-state index in [9.17, 15) is 4.79 Å². The molecule has 0 saturated carbocycles. The first kappa shape index (κ1) is 11.9. The largest absolute Gasteiger partial charge is 0.479 e. The average Bonchev–Trinajstić information content (AvgIpc) is 2.60. The maximum absolute atomic E-state index is 11.1. The number of amides is 2. The van der Waals surface area contributed by atoms with E-state index in [-0.39, 0.29) is 12.4 Å². The van der Waals surface area contributed by atoms with E-state index in [0.29, 0.717) is 17.4 Å². The Morgan fingerprint density at radius 1 is 1.67 bits per heavy atom. The van der Waals surface area contributed by atoms with Gasteiger partial charge in [-0.25, -0.2) is 9.78 Å². The van der Waals surface area contributed by atoms with Crippen LogP contribution in [0.25, 0.3) is 0 Å². The molecule has 6 nitrogen and oxygen atoms in total. The van der Waals surface area contributed by atoms with E-state index in [1.807, 2.05) is 0 Å². The van der Waals surface area contributed by atoms with Crippen molar-refractivity contribution in [2.45, 2.75) is 5.03 Å². The fourth-order valence-electron chi connectivity index (χ4n) is 1.20. The van der Waals surface area contributed by atoms with Crippen LogP contribution in [0.2, 0.25) is 0 Å². The van der Waals surface area contributed by atoms with E-state index in [0.717, 1.165) is 5.03 Å². The highest BCUT2D eigenvalue weighted by Crippen LogP contribution is 2.41. The normalized spacial score (nSPS) is 13.0. The molecule has 2 heterocycles. The Balaban J connectivity index is 0.00000112. The van der Waals surface area contributed by atoms with Gasteiger partial charge in [0.2, 0.25) is 5.88 Å². The number of anilines is 1. The van der Waals surface area contributed by atoms with Crippen molar-refractivity contribution in [3.8, 4) is 5.88 Å². The van der Waals surface area contributed by atoms with Crippen molar-refractivity contribution in [3.05, 3.63) is 6.33 Å². The summed E-state index contributed by atoms with van der Waals surface area (Å²) < 4.78 is 5.02. The van der Waals surface area contributed by atoms with Gasteiger partial charge in [-0.1, -0.05) is 11.8 Å². The zero-order valence-electron chi connectivity index (χ0n) is 7.84. The van der Waals surface area contributed by atoms with Crippen molar-refractivity contribution in [3.63, 3.8) is 0 Å². The van der Waals surface area contributed by atoms with Crippen molar-refractivity contribution < 1.29 is 9.53 Å². The second-order valence-electron chi connectivity index (χ2n) is 2.58. The Bertz CT molecular complexity index is 389. The summed E-state index contributed by atoms with van der Waals surface area (Å²) in [6, 6.07) is -0.524. The predicted molar refractivity (Wildman–Crippen MR) is 58.6 cm³/mol. The number of methoxy groups -OCH3 is 1. The third-order valence-corrected chi connectivity index (χ3v) is 2.77. The number of carbonyl (C=O) groups excluding carboxylic acids is 1. The van der Waals surface area contributed by atoms with Crippen LogP contribution >= 0.6 is 24.2 Å². The lowest BCUT2D eigenvalue weighted by Gasteiger charge is -2.13. The number of primary amides is 1. The number of rotatable bonds is 1. The van der Waals surface area contributed by atoms with Crippen LogP contribution in [0.1, 0.15) is 0 Å². The van der Waals surface area contributed by atoms with E-state index in [2.05, 4.69) is 9.97 Å². The van der Waals surface area contributed by atoms with Crippen LogP contribution < -0.4 is 15.4 Å². The number of ether oxygens (including phenoxy) is 1. The zero-order chi connectivity index (χ0) is 10.1. The molecule has 0 aliphatic carbocycles. The molecule has 1 aromatic rings. The lowest BCUT2D eigenvalue weighted by atomic mass is 10.4. The minimum absolute atomic E-state index is 0. The molecule has 0 unspecified atom stereocenters. The second-order valence-corrected chi connectivity index (χ2v) is 3.51. The molecule has 0 spiro atoms. The molecule has 0 aromatic carbocycles. The first-order valence-electron chi connectivity index (χ1n) is 3.83. The quantitative estimate of drug-likeness (QED) is 0.746. The Kier molecular flexibility index (Phi) is 3.59. The number of halogens is 1. The summed E-state index contributed by atoms with van der Waals surface area (Å²) in [6.07, 6.45) is 1.40. The summed E-state index contributed by atoms with van der Waals surface area (Å²) in [5.41, 5.74) is 5.76. The molecule has 0 atom stereocenters. The van der Waals surface area contributed by atoms with E-state index < -0.39 is 6.03 Å². The van der Waals surface area contributed by atoms with Crippen LogP contribution in [0, 0.1) is 0 Å². The van der Waals surface area contributed by atoms with Crippen molar-refractivity contribution in [2.75, 3.05) is 17.9 Å². The van der Waals surface area contributed by atoms with Crippen LogP contribution in [-0.4, -0.2) is 29.0 Å². The minimum Gasteiger partial charge on any atom is -0.479 e. The molecule has 1 aliphatic heterocycles. The number of urea groups is 1. The Hall–Kier alpha value is -1.21. The molecular formula is C7H9ClN4O2S. The molecule has 0 bridgehead atoms. The smallest absolute Gasteiger partial charge is 0.320 e. The first-order valence-corrected chi connectivity index (χ1v) is 4.81. The van der Waals surface area contributed by atoms with Crippen LogP contribution in [0.15, 0.2) is 11.4 Å². The van der Waals surface area contributed by atoms with Crippen LogP contribution in [-0.2, 0) is 0 Å². The first-order chi connectivity index (χ1) is 6.74. The average molecular weight is 249 g/mol. The third kappa shape index (κ3) is 1.93. The van der Waals surface area contributed by atoms with E-state index in [4.69, 9.17) is 10.5 Å². The van der Waals surface area contributed by atoms with Gasteiger partial charge in [-0.05, 0) is 0 Å². The maximum atomic E-state index is 11.1. The van der Waals surface area contributed by atoms with Gasteiger partial charge in [0, 0.05) is 0 Å². The Labute approximate surface area is 96.6 Å². The third-order valence-electron chi connectivity index (χ3n) is 1.81. The summed E-state index contributed by atoms with van der Waals surface area (Å²) in [6.45, 7) is 0. The number of thioether (sulfide) groups is 1. The molecule has 1 aromatic heterocycles. The molecule has 2 N–H and O–H groups in total. The maximum Gasteiger partial charge on any atom is 0.320 e. The number of nitrogens with zero attached hydrogens (tertiary/aromatic N) is 3. The molecule has 0 saturated heterocycles. The highest BCUT2D eigenvalue weighted by Gasteiger charge is 2.29. The summed E-state index contributed by atoms with van der Waals surface area (Å²) in [4.78, 5) is 20.4. The molecule has 8 heteroatoms. The van der Waals surface area contributed by atoms with Crippen LogP contribution in [0.4, 0.5) is 10.5 Å². The number of fused-ring (bicyclic) bond motifs is 1. The molecule has 2 rings (SSSR count). The monoisotopic (exact) mass is 248 g/mol. The van der Waals surface area contributed by atoms with Gasteiger partial charge in [-0.2, -0.15) is 4.98 Å². The van der Waals surface area contributed by atoms with Gasteiger partial charge in [-0.3, -0.25) is 4.90 Å². The molecule has 2 amide bonds. The van der Waals surface area contributed by atoms with Crippen molar-refractivity contribution in [2.24, 2.45) is 5.73 Å². The fraction of sp³-hybridized carbons (Fsp3) is 0.286. The molecular weight excluding hydrogens is 240 g/mol. The molecule has 0 fully saturated rings. The molecule has 15 heavy (non-hydrogen) atoms. The van der Waals surface area contributed by atoms with Gasteiger partial charge in [-0.15, -0.1) is 12.4 Å². The summed E-state index contributed by atoms with van der Waals surface area (Å²) in [7, 11) is 1.49. The number of carbonyl (C=O) groups is 1. The van der Waals surface area contributed by atoms with Crippen molar-refractivity contribution >= 4 is 35.9 Å². The lowest BCUT2D eigenvalue weighted by Crippen LogP contribution is -2.33. The van der Waals surface area contributed by atoms with Gasteiger partial charge in [0.05, 0.1) is 13.0 Å². The Morgan fingerprint density at radius 2 is 2.40 bits per heavy atom. The molecule has 82 valence electrons. The topological polar surface area (TPSA) is 81.3 Å². The lowest BCUT2D eigenvalue weighted by molar-refractivity contribution is 0.254. The molecule has 0 radical (unpaired) electrons. The summed E-state index contributed by atoms with van der Waals surface area (Å²) in [5.74, 6) is 0.832. The number of hydrogen-bond donors (Lipinski definition) is 1. The van der Waals surface area contributed by atoms with E-state index in [1.165, 1.54) is 30.1 Å². The highest BCUT2D eigenvalue weighted by atomic mass is 35.5. The van der Waals surface area contributed by atoms with Gasteiger partial charge < -0.3 is 10.5 Å². The number of aromatic nitrogens is 2. The van der Waals surface area contributed by atoms with Gasteiger partial charge in [0.25, 0.3) is 0 Å². The Morgan fingerprint density at radius 3 is 3.00 bits per heavy atom. The SMILES string of the molecule is COc1ncnc2c1N(C(N)=O)CS2.Cl. The van der Waals surface area contributed by atoms with Crippen molar-refractivity contribution in [1.82, 2.24) is 9.97 Å². The van der Waals surface area contributed by atoms with Crippen molar-refractivity contribution in [1.29, 1.82) is 0 Å². The fourth-order valence-corrected chi connectivity index (χ4v) is 2.16. The summed E-state index contributed by atoms with van der Waals surface area (Å²) in [5, 5.41) is 0.718. The molecule has 1 aliphatic rings. The van der Waals surface area contributed by atoms with Gasteiger partial charge in [0.1, 0.15) is 17.0 Å². The number of hydrogen-bond acceptors (Lipinski definition) is 5. The number of nitrogens with two attached hydrogens (primary N) is 1. The van der Waals surface area contributed by atoms with E-state index >= 15 is 0 Å².